The van der Waals surface area contributed by atoms with Crippen LogP contribution in [-0.2, 0) is 27.8 Å². The van der Waals surface area contributed by atoms with Crippen LogP contribution < -0.4 is 5.14 Å². The topological polar surface area (TPSA) is 80.5 Å². The SMILES string of the molecule is Cc1cc(F)cc2c1CN(C(=O)C1(S(N)(=O)=O)CC1)CC2. The molecule has 114 valence electrons. The lowest BCUT2D eigenvalue weighted by molar-refractivity contribution is -0.132. The Morgan fingerprint density at radius 3 is 2.62 bits per heavy atom. The largest absolute Gasteiger partial charge is 0.337 e. The molecule has 1 aliphatic heterocycles. The quantitative estimate of drug-likeness (QED) is 0.878. The number of fused-ring (bicyclic) bond motifs is 1. The van der Waals surface area contributed by atoms with E-state index in [9.17, 15) is 17.6 Å². The third-order valence-electron chi connectivity index (χ3n) is 4.46. The van der Waals surface area contributed by atoms with Crippen LogP contribution in [0, 0.1) is 12.7 Å². The van der Waals surface area contributed by atoms with Crippen molar-refractivity contribution in [3.8, 4) is 0 Å². The van der Waals surface area contributed by atoms with Crippen LogP contribution in [-0.4, -0.2) is 30.5 Å². The molecule has 2 N–H and O–H groups in total. The van der Waals surface area contributed by atoms with E-state index in [1.54, 1.807) is 6.92 Å². The summed E-state index contributed by atoms with van der Waals surface area (Å²) in [7, 11) is -3.89. The molecule has 0 aromatic heterocycles. The molecular formula is C14H17FN2O3S. The number of sulfonamides is 1. The van der Waals surface area contributed by atoms with Gasteiger partial charge in [-0.25, -0.2) is 17.9 Å². The Morgan fingerprint density at radius 1 is 1.38 bits per heavy atom. The van der Waals surface area contributed by atoms with E-state index in [0.29, 0.717) is 19.5 Å². The van der Waals surface area contributed by atoms with E-state index in [1.165, 1.54) is 17.0 Å². The molecular weight excluding hydrogens is 295 g/mol. The number of halogens is 1. The number of rotatable bonds is 2. The van der Waals surface area contributed by atoms with E-state index >= 15 is 0 Å². The van der Waals surface area contributed by atoms with Crippen LogP contribution in [0.25, 0.3) is 0 Å². The first kappa shape index (κ1) is 14.5. The van der Waals surface area contributed by atoms with Gasteiger partial charge in [-0.1, -0.05) is 0 Å². The molecule has 0 radical (unpaired) electrons. The maximum atomic E-state index is 13.4. The number of nitrogens with zero attached hydrogens (tertiary/aromatic N) is 1. The van der Waals surface area contributed by atoms with Gasteiger partial charge in [0.25, 0.3) is 0 Å². The van der Waals surface area contributed by atoms with Crippen LogP contribution in [0.4, 0.5) is 4.39 Å². The third-order valence-corrected chi connectivity index (χ3v) is 6.13. The molecule has 3 rings (SSSR count). The van der Waals surface area contributed by atoms with Crippen molar-refractivity contribution < 1.29 is 17.6 Å². The van der Waals surface area contributed by atoms with Gasteiger partial charge in [0.2, 0.25) is 15.9 Å². The zero-order valence-electron chi connectivity index (χ0n) is 11.7. The summed E-state index contributed by atoms with van der Waals surface area (Å²) >= 11 is 0. The normalized spacial score (nSPS) is 20.0. The highest BCUT2D eigenvalue weighted by atomic mass is 32.2. The van der Waals surface area contributed by atoms with Gasteiger partial charge in [-0.2, -0.15) is 0 Å². The lowest BCUT2D eigenvalue weighted by Crippen LogP contribution is -2.49. The number of nitrogens with two attached hydrogens (primary N) is 1. The van der Waals surface area contributed by atoms with Gasteiger partial charge in [0.1, 0.15) is 5.82 Å². The van der Waals surface area contributed by atoms with Crippen LogP contribution in [0.2, 0.25) is 0 Å². The number of hydrogen-bond donors (Lipinski definition) is 1. The zero-order chi connectivity index (χ0) is 15.4. The molecule has 0 saturated heterocycles. The van der Waals surface area contributed by atoms with E-state index in [4.69, 9.17) is 5.14 Å². The molecule has 5 nitrogen and oxygen atoms in total. The Bertz CT molecular complexity index is 726. The molecule has 2 aliphatic rings. The standard InChI is InChI=1S/C14H17FN2O3S/c1-9-6-11(15)7-10-2-5-17(8-12(9)10)13(18)14(3-4-14)21(16,19)20/h6-7H,2-5,8H2,1H3,(H2,16,19,20). The second-order valence-corrected chi connectivity index (χ2v) is 7.75. The first-order chi connectivity index (χ1) is 9.74. The summed E-state index contributed by atoms with van der Waals surface area (Å²) in [5.41, 5.74) is 2.57. The van der Waals surface area contributed by atoms with Crippen molar-refractivity contribution >= 4 is 15.9 Å². The minimum atomic E-state index is -3.89. The molecule has 0 unspecified atom stereocenters. The number of carbonyl (C=O) groups excluding carboxylic acids is 1. The molecule has 0 bridgehead atoms. The molecule has 1 heterocycles. The molecule has 1 aliphatic carbocycles. The fourth-order valence-electron chi connectivity index (χ4n) is 3.01. The Kier molecular flexibility index (Phi) is 3.11. The van der Waals surface area contributed by atoms with Crippen LogP contribution >= 0.6 is 0 Å². The van der Waals surface area contributed by atoms with Gasteiger partial charge in [-0.15, -0.1) is 0 Å². The van der Waals surface area contributed by atoms with Crippen LogP contribution in [0.5, 0.6) is 0 Å². The van der Waals surface area contributed by atoms with Crippen LogP contribution in [0.15, 0.2) is 12.1 Å². The van der Waals surface area contributed by atoms with Crippen molar-refractivity contribution in [2.45, 2.75) is 37.5 Å². The molecule has 1 fully saturated rings. The van der Waals surface area contributed by atoms with E-state index in [2.05, 4.69) is 0 Å². The molecule has 1 amide bonds. The smallest absolute Gasteiger partial charge is 0.245 e. The van der Waals surface area contributed by atoms with Gasteiger partial charge in [0, 0.05) is 13.1 Å². The second-order valence-electron chi connectivity index (χ2n) is 5.88. The van der Waals surface area contributed by atoms with Crippen molar-refractivity contribution in [3.63, 3.8) is 0 Å². The minimum absolute atomic E-state index is 0.283. The minimum Gasteiger partial charge on any atom is -0.337 e. The zero-order valence-corrected chi connectivity index (χ0v) is 12.5. The highest BCUT2D eigenvalue weighted by Crippen LogP contribution is 2.44. The van der Waals surface area contributed by atoms with Crippen molar-refractivity contribution in [2.24, 2.45) is 5.14 Å². The second kappa shape index (κ2) is 4.51. The average Bonchev–Trinajstić information content (AvgIpc) is 3.18. The predicted octanol–water partition coefficient (Wildman–Crippen LogP) is 0.840. The predicted molar refractivity (Wildman–Crippen MR) is 75.3 cm³/mol. The lowest BCUT2D eigenvalue weighted by Gasteiger charge is -2.32. The molecule has 1 saturated carbocycles. The van der Waals surface area contributed by atoms with Crippen molar-refractivity contribution in [1.29, 1.82) is 0 Å². The van der Waals surface area contributed by atoms with Crippen molar-refractivity contribution in [1.82, 2.24) is 4.90 Å². The molecule has 0 spiro atoms. The van der Waals surface area contributed by atoms with Crippen LogP contribution in [0.3, 0.4) is 0 Å². The number of benzene rings is 1. The van der Waals surface area contributed by atoms with Crippen molar-refractivity contribution in [2.75, 3.05) is 6.54 Å². The van der Waals surface area contributed by atoms with Gasteiger partial charge >= 0.3 is 0 Å². The lowest BCUT2D eigenvalue weighted by atomic mass is 9.95. The third kappa shape index (κ3) is 2.24. The van der Waals surface area contributed by atoms with Gasteiger partial charge in [0.15, 0.2) is 4.75 Å². The summed E-state index contributed by atoms with van der Waals surface area (Å²) in [4.78, 5) is 14.0. The molecule has 1 aromatic carbocycles. The summed E-state index contributed by atoms with van der Waals surface area (Å²) in [5, 5.41) is 5.20. The van der Waals surface area contributed by atoms with E-state index < -0.39 is 20.7 Å². The maximum absolute atomic E-state index is 13.4. The van der Waals surface area contributed by atoms with Crippen LogP contribution in [0.1, 0.15) is 29.5 Å². The van der Waals surface area contributed by atoms with Gasteiger partial charge in [-0.3, -0.25) is 4.79 Å². The number of carbonyl (C=O) groups is 1. The maximum Gasteiger partial charge on any atom is 0.245 e. The monoisotopic (exact) mass is 312 g/mol. The number of primary sulfonamides is 1. The van der Waals surface area contributed by atoms with E-state index in [1.807, 2.05) is 0 Å². The van der Waals surface area contributed by atoms with Crippen molar-refractivity contribution in [3.05, 3.63) is 34.6 Å². The number of aryl methyl sites for hydroxylation is 1. The molecule has 7 heteroatoms. The highest BCUT2D eigenvalue weighted by molar-refractivity contribution is 7.91. The summed E-state index contributed by atoms with van der Waals surface area (Å²) in [6.45, 7) is 2.51. The summed E-state index contributed by atoms with van der Waals surface area (Å²) < 4.78 is 35.2. The Morgan fingerprint density at radius 2 is 2.05 bits per heavy atom. The molecule has 0 atom stereocenters. The highest BCUT2D eigenvalue weighted by Gasteiger charge is 2.61. The van der Waals surface area contributed by atoms with E-state index in [-0.39, 0.29) is 18.7 Å². The summed E-state index contributed by atoms with van der Waals surface area (Å²) in [6.07, 6.45) is 1.10. The van der Waals surface area contributed by atoms with Gasteiger partial charge < -0.3 is 4.90 Å². The number of hydrogen-bond acceptors (Lipinski definition) is 3. The fourth-order valence-corrected chi connectivity index (χ4v) is 4.06. The Labute approximate surface area is 123 Å². The molecule has 21 heavy (non-hydrogen) atoms. The molecule has 1 aromatic rings. The fraction of sp³-hybridized carbons (Fsp3) is 0.500. The Hall–Kier alpha value is -1.47. The van der Waals surface area contributed by atoms with Gasteiger partial charge in [0.05, 0.1) is 0 Å². The average molecular weight is 312 g/mol. The first-order valence-corrected chi connectivity index (χ1v) is 8.39. The summed E-state index contributed by atoms with van der Waals surface area (Å²) in [6, 6.07) is 2.91. The number of amides is 1. The van der Waals surface area contributed by atoms with Gasteiger partial charge in [-0.05, 0) is 55.0 Å². The van der Waals surface area contributed by atoms with E-state index in [0.717, 1.165) is 16.7 Å². The summed E-state index contributed by atoms with van der Waals surface area (Å²) in [5.74, 6) is -0.700. The Balaban J connectivity index is 1.89. The first-order valence-electron chi connectivity index (χ1n) is 6.84.